The quantitative estimate of drug-likeness (QED) is 0.585. The first-order valence-corrected chi connectivity index (χ1v) is 14.6. The Morgan fingerprint density at radius 2 is 1.68 bits per heavy atom. The maximum absolute atomic E-state index is 13.3. The molecule has 1 aliphatic heterocycles. The van der Waals surface area contributed by atoms with E-state index in [1.165, 1.54) is 38.5 Å². The monoisotopic (exact) mass is 519 g/mol. The molecule has 5 fully saturated rings. The largest absolute Gasteiger partial charge is 0.353 e. The summed E-state index contributed by atoms with van der Waals surface area (Å²) in [6.45, 7) is 5.81. The highest BCUT2D eigenvalue weighted by atomic mass is 16.2. The van der Waals surface area contributed by atoms with Gasteiger partial charge >= 0.3 is 0 Å². The van der Waals surface area contributed by atoms with Crippen LogP contribution in [-0.4, -0.2) is 57.7 Å². The Bertz CT molecular complexity index is 1190. The van der Waals surface area contributed by atoms with E-state index in [0.29, 0.717) is 30.1 Å². The van der Waals surface area contributed by atoms with Gasteiger partial charge in [0.2, 0.25) is 11.8 Å². The second-order valence-electron chi connectivity index (χ2n) is 13.0. The molecule has 7 rings (SSSR count). The van der Waals surface area contributed by atoms with Crippen molar-refractivity contribution in [3.63, 3.8) is 0 Å². The van der Waals surface area contributed by atoms with Crippen LogP contribution in [0, 0.1) is 29.1 Å². The van der Waals surface area contributed by atoms with Gasteiger partial charge in [0.1, 0.15) is 11.3 Å². The van der Waals surface area contributed by atoms with Crippen LogP contribution in [0.15, 0.2) is 24.4 Å². The molecule has 0 radical (unpaired) electrons. The van der Waals surface area contributed by atoms with Crippen LogP contribution in [0.25, 0.3) is 5.65 Å². The zero-order valence-corrected chi connectivity index (χ0v) is 22.7. The highest BCUT2D eigenvalue weighted by molar-refractivity contribution is 5.93. The number of aromatic nitrogens is 2. The number of carbonyl (C=O) groups excluding carboxylic acids is 3. The summed E-state index contributed by atoms with van der Waals surface area (Å²) in [6, 6.07) is 5.71. The molecule has 4 bridgehead atoms. The molecule has 5 aliphatic rings. The third kappa shape index (κ3) is 5.06. The van der Waals surface area contributed by atoms with Crippen molar-refractivity contribution >= 4 is 23.4 Å². The van der Waals surface area contributed by atoms with Gasteiger partial charge in [-0.25, -0.2) is 4.98 Å². The Morgan fingerprint density at radius 3 is 2.32 bits per heavy atom. The molecule has 3 heterocycles. The Morgan fingerprint density at radius 1 is 1.03 bits per heavy atom. The predicted octanol–water partition coefficient (Wildman–Crippen LogP) is 3.59. The minimum absolute atomic E-state index is 0.0335. The van der Waals surface area contributed by atoms with E-state index >= 15 is 0 Å². The average molecular weight is 520 g/mol. The number of hydrogen-bond donors (Lipinski definition) is 2. The standard InChI is InChI=1S/C30H41N5O3/c1-19(2)28(37)33-23-6-8-34(9-7-23)27(36)13-24-17-35-25(4-3-5-26(35)32-24)29(38)31-18-30-14-20-10-21(15-30)12-22(11-20)16-30/h3-5,17,19-23H,6-16,18H2,1-2H3,(H,31,38)(H,33,37). The van der Waals surface area contributed by atoms with Crippen molar-refractivity contribution in [2.75, 3.05) is 19.6 Å². The third-order valence-corrected chi connectivity index (χ3v) is 9.61. The minimum Gasteiger partial charge on any atom is -0.353 e. The summed E-state index contributed by atoms with van der Waals surface area (Å²) in [5.74, 6) is 2.59. The number of amides is 3. The lowest BCUT2D eigenvalue weighted by molar-refractivity contribution is -0.131. The van der Waals surface area contributed by atoms with Crippen LogP contribution >= 0.6 is 0 Å². The first-order valence-electron chi connectivity index (χ1n) is 14.6. The van der Waals surface area contributed by atoms with E-state index in [1.807, 2.05) is 47.5 Å². The lowest BCUT2D eigenvalue weighted by atomic mass is 9.49. The van der Waals surface area contributed by atoms with Gasteiger partial charge in [-0.15, -0.1) is 0 Å². The Kier molecular flexibility index (Phi) is 6.68. The van der Waals surface area contributed by atoms with E-state index in [4.69, 9.17) is 0 Å². The molecule has 4 aliphatic carbocycles. The summed E-state index contributed by atoms with van der Waals surface area (Å²) in [5, 5.41) is 6.36. The van der Waals surface area contributed by atoms with Crippen molar-refractivity contribution in [2.45, 2.75) is 77.7 Å². The van der Waals surface area contributed by atoms with Gasteiger partial charge in [0, 0.05) is 37.8 Å². The molecule has 38 heavy (non-hydrogen) atoms. The van der Waals surface area contributed by atoms with Gasteiger partial charge in [-0.05, 0) is 86.7 Å². The molecule has 2 aromatic rings. The summed E-state index contributed by atoms with van der Waals surface area (Å²) < 4.78 is 1.82. The number of likely N-dealkylation sites (tertiary alicyclic amines) is 1. The number of nitrogens with one attached hydrogen (secondary N) is 2. The number of rotatable bonds is 7. The maximum Gasteiger partial charge on any atom is 0.268 e. The van der Waals surface area contributed by atoms with Gasteiger partial charge in [0.05, 0.1) is 12.1 Å². The van der Waals surface area contributed by atoms with Crippen LogP contribution in [0.2, 0.25) is 0 Å². The van der Waals surface area contributed by atoms with E-state index in [9.17, 15) is 14.4 Å². The number of imidazole rings is 1. The fourth-order valence-corrected chi connectivity index (χ4v) is 8.10. The number of hydrogen-bond acceptors (Lipinski definition) is 4. The van der Waals surface area contributed by atoms with E-state index in [0.717, 1.165) is 37.1 Å². The number of fused-ring (bicyclic) bond motifs is 1. The predicted molar refractivity (Wildman–Crippen MR) is 144 cm³/mol. The van der Waals surface area contributed by atoms with Crippen LogP contribution in [0.1, 0.15) is 81.4 Å². The van der Waals surface area contributed by atoms with Crippen LogP contribution in [0.4, 0.5) is 0 Å². The normalized spacial score (nSPS) is 28.7. The van der Waals surface area contributed by atoms with E-state index in [-0.39, 0.29) is 41.5 Å². The minimum atomic E-state index is -0.0628. The van der Waals surface area contributed by atoms with Crippen LogP contribution < -0.4 is 10.6 Å². The van der Waals surface area contributed by atoms with Crippen molar-refractivity contribution in [1.29, 1.82) is 0 Å². The molecule has 0 unspecified atom stereocenters. The fraction of sp³-hybridized carbons (Fsp3) is 0.667. The highest BCUT2D eigenvalue weighted by Crippen LogP contribution is 2.59. The lowest BCUT2D eigenvalue weighted by Gasteiger charge is -2.56. The van der Waals surface area contributed by atoms with E-state index < -0.39 is 0 Å². The smallest absolute Gasteiger partial charge is 0.268 e. The van der Waals surface area contributed by atoms with Crippen molar-refractivity contribution in [1.82, 2.24) is 24.9 Å². The summed E-state index contributed by atoms with van der Waals surface area (Å²) in [7, 11) is 0. The molecule has 4 saturated carbocycles. The SMILES string of the molecule is CC(C)C(=O)NC1CCN(C(=O)Cc2cn3c(C(=O)NCC45CC6CC(CC(C6)C4)C5)cccc3n2)CC1. The molecule has 0 spiro atoms. The molecule has 2 aromatic heterocycles. The van der Waals surface area contributed by atoms with Crippen LogP contribution in [-0.2, 0) is 16.0 Å². The van der Waals surface area contributed by atoms with Gasteiger partial charge in [0.25, 0.3) is 5.91 Å². The van der Waals surface area contributed by atoms with Crippen molar-refractivity contribution in [3.8, 4) is 0 Å². The molecule has 204 valence electrons. The Hall–Kier alpha value is -2.90. The summed E-state index contributed by atoms with van der Waals surface area (Å²) in [4.78, 5) is 44.8. The molecular formula is C30H41N5O3. The second-order valence-corrected chi connectivity index (χ2v) is 13.0. The Labute approximate surface area is 224 Å². The average Bonchev–Trinajstić information content (AvgIpc) is 3.29. The maximum atomic E-state index is 13.3. The first kappa shape index (κ1) is 25.4. The van der Waals surface area contributed by atoms with E-state index in [2.05, 4.69) is 15.6 Å². The zero-order chi connectivity index (χ0) is 26.4. The lowest BCUT2D eigenvalue weighted by Crippen LogP contribution is -2.51. The van der Waals surface area contributed by atoms with Crippen LogP contribution in [0.3, 0.4) is 0 Å². The van der Waals surface area contributed by atoms with Gasteiger partial charge in [-0.3, -0.25) is 18.8 Å². The highest BCUT2D eigenvalue weighted by Gasteiger charge is 2.50. The Balaban J connectivity index is 1.07. The summed E-state index contributed by atoms with van der Waals surface area (Å²) in [5.41, 5.74) is 2.22. The van der Waals surface area contributed by atoms with Crippen molar-refractivity contribution in [2.24, 2.45) is 29.1 Å². The summed E-state index contributed by atoms with van der Waals surface area (Å²) in [6.07, 6.45) is 11.6. The second kappa shape index (κ2) is 10.0. The van der Waals surface area contributed by atoms with Gasteiger partial charge in [0.15, 0.2) is 0 Å². The molecule has 8 heteroatoms. The molecule has 0 aromatic carbocycles. The molecule has 1 saturated heterocycles. The molecule has 2 N–H and O–H groups in total. The third-order valence-electron chi connectivity index (χ3n) is 9.61. The molecule has 3 amide bonds. The topological polar surface area (TPSA) is 95.8 Å². The number of nitrogens with zero attached hydrogens (tertiary/aromatic N) is 3. The van der Waals surface area contributed by atoms with E-state index in [1.54, 1.807) is 0 Å². The molecule has 8 nitrogen and oxygen atoms in total. The van der Waals surface area contributed by atoms with Gasteiger partial charge in [-0.2, -0.15) is 0 Å². The van der Waals surface area contributed by atoms with Crippen LogP contribution in [0.5, 0.6) is 0 Å². The summed E-state index contributed by atoms with van der Waals surface area (Å²) >= 11 is 0. The fourth-order valence-electron chi connectivity index (χ4n) is 8.10. The molecule has 0 atom stereocenters. The number of pyridine rings is 1. The van der Waals surface area contributed by atoms with Gasteiger partial charge < -0.3 is 15.5 Å². The number of piperidine rings is 1. The van der Waals surface area contributed by atoms with Crippen molar-refractivity contribution in [3.05, 3.63) is 35.8 Å². The van der Waals surface area contributed by atoms with Gasteiger partial charge in [-0.1, -0.05) is 19.9 Å². The van der Waals surface area contributed by atoms with Crippen molar-refractivity contribution < 1.29 is 14.4 Å². The molecular weight excluding hydrogens is 478 g/mol. The first-order chi connectivity index (χ1) is 18.3. The number of carbonyl (C=O) groups is 3. The zero-order valence-electron chi connectivity index (χ0n) is 22.7.